The largest absolute Gasteiger partial charge is 0.429 e. The van der Waals surface area contributed by atoms with E-state index in [-0.39, 0.29) is 44.5 Å². The van der Waals surface area contributed by atoms with Crippen LogP contribution >= 0.6 is 0 Å². The maximum atomic E-state index is 15.4. The van der Waals surface area contributed by atoms with E-state index < -0.39 is 35.3 Å². The van der Waals surface area contributed by atoms with Gasteiger partial charge in [-0.1, -0.05) is 75.5 Å². The summed E-state index contributed by atoms with van der Waals surface area (Å²) in [5.41, 5.74) is -1.01. The normalized spacial score (nSPS) is 11.2. The molecule has 0 bridgehead atoms. The number of carbonyl (C=O) groups is 2. The van der Waals surface area contributed by atoms with Gasteiger partial charge in [0.25, 0.3) is 0 Å². The molecule has 0 radical (unpaired) electrons. The molecule has 0 heterocycles. The number of alkyl halides is 4. The quantitative estimate of drug-likeness (QED) is 0.0661. The predicted octanol–water partition coefficient (Wildman–Crippen LogP) is 9.46. The SMILES string of the molecule is C=CC(=O)Oc1ccc(C(F)(F)Oc2ccc(OC(F)(F)c3ccc(OC(=O)C=C)c4ccccc34)cc2)c2ccccc12.CC. The van der Waals surface area contributed by atoms with Crippen molar-refractivity contribution in [2.24, 2.45) is 0 Å². The van der Waals surface area contributed by atoms with E-state index in [4.69, 9.17) is 18.9 Å². The lowest BCUT2D eigenvalue weighted by Gasteiger charge is -2.22. The van der Waals surface area contributed by atoms with E-state index in [0.29, 0.717) is 0 Å². The molecule has 0 fully saturated rings. The van der Waals surface area contributed by atoms with E-state index in [1.54, 1.807) is 12.1 Å². The highest BCUT2D eigenvalue weighted by Crippen LogP contribution is 2.41. The van der Waals surface area contributed by atoms with Gasteiger partial charge in [0.15, 0.2) is 0 Å². The molecule has 5 aromatic rings. The number of esters is 2. The third-order valence-electron chi connectivity index (χ3n) is 6.47. The van der Waals surface area contributed by atoms with Gasteiger partial charge >= 0.3 is 24.2 Å². The zero-order valence-electron chi connectivity index (χ0n) is 24.8. The minimum Gasteiger partial charge on any atom is -0.429 e. The van der Waals surface area contributed by atoms with Crippen molar-refractivity contribution in [3.8, 4) is 23.0 Å². The topological polar surface area (TPSA) is 71.1 Å². The monoisotopic (exact) mass is 632 g/mol. The van der Waals surface area contributed by atoms with E-state index in [1.807, 2.05) is 13.8 Å². The Bertz CT molecular complexity index is 1760. The van der Waals surface area contributed by atoms with Gasteiger partial charge in [-0.2, -0.15) is 17.6 Å². The molecule has 46 heavy (non-hydrogen) atoms. The van der Waals surface area contributed by atoms with Gasteiger partial charge < -0.3 is 18.9 Å². The fourth-order valence-electron chi connectivity index (χ4n) is 4.51. The highest BCUT2D eigenvalue weighted by Gasteiger charge is 2.38. The van der Waals surface area contributed by atoms with Crippen molar-refractivity contribution < 1.29 is 46.1 Å². The Balaban J connectivity index is 0.00000235. The molecule has 0 spiro atoms. The van der Waals surface area contributed by atoms with Gasteiger partial charge in [0.05, 0.1) is 11.1 Å². The van der Waals surface area contributed by atoms with E-state index in [9.17, 15) is 9.59 Å². The molecule has 0 aliphatic carbocycles. The average molecular weight is 633 g/mol. The predicted molar refractivity (Wildman–Crippen MR) is 166 cm³/mol. The Kier molecular flexibility index (Phi) is 10.1. The summed E-state index contributed by atoms with van der Waals surface area (Å²) in [6, 6.07) is 21.0. The van der Waals surface area contributed by atoms with Crippen LogP contribution in [0.5, 0.6) is 23.0 Å². The van der Waals surface area contributed by atoms with Crippen molar-refractivity contribution in [2.45, 2.75) is 26.1 Å². The Morgan fingerprint density at radius 3 is 1.20 bits per heavy atom. The zero-order valence-corrected chi connectivity index (χ0v) is 24.8. The van der Waals surface area contributed by atoms with Gasteiger partial charge in [0.1, 0.15) is 23.0 Å². The molecule has 0 atom stereocenters. The summed E-state index contributed by atoms with van der Waals surface area (Å²) >= 11 is 0. The lowest BCUT2D eigenvalue weighted by molar-refractivity contribution is -0.186. The lowest BCUT2D eigenvalue weighted by atomic mass is 10.0. The molecule has 5 aromatic carbocycles. The second-order valence-electron chi connectivity index (χ2n) is 9.27. The summed E-state index contributed by atoms with van der Waals surface area (Å²) in [5.74, 6) is -2.03. The number of carbonyl (C=O) groups excluding carboxylic acids is 2. The molecule has 0 saturated carbocycles. The molecule has 0 unspecified atom stereocenters. The van der Waals surface area contributed by atoms with Crippen molar-refractivity contribution in [2.75, 3.05) is 0 Å². The maximum Gasteiger partial charge on any atom is 0.427 e. The van der Waals surface area contributed by atoms with Gasteiger partial charge in [0.2, 0.25) is 0 Å². The molecule has 0 aliphatic heterocycles. The van der Waals surface area contributed by atoms with Crippen LogP contribution in [-0.2, 0) is 21.8 Å². The Hall–Kier alpha value is -5.64. The number of ether oxygens (including phenoxy) is 4. The Labute approximate surface area is 262 Å². The smallest absolute Gasteiger partial charge is 0.427 e. The summed E-state index contributed by atoms with van der Waals surface area (Å²) in [7, 11) is 0. The highest BCUT2D eigenvalue weighted by atomic mass is 19.3. The number of hydrogen-bond acceptors (Lipinski definition) is 6. The van der Waals surface area contributed by atoms with Gasteiger partial charge in [-0.25, -0.2) is 9.59 Å². The maximum absolute atomic E-state index is 15.4. The first kappa shape index (κ1) is 33.3. The molecular weight excluding hydrogens is 604 g/mol. The fourth-order valence-corrected chi connectivity index (χ4v) is 4.51. The van der Waals surface area contributed by atoms with E-state index in [2.05, 4.69) is 13.2 Å². The molecule has 5 rings (SSSR count). The fraction of sp³-hybridized carbons (Fsp3) is 0.111. The second-order valence-corrected chi connectivity index (χ2v) is 9.27. The average Bonchev–Trinajstić information content (AvgIpc) is 3.06. The van der Waals surface area contributed by atoms with Crippen LogP contribution in [-0.4, -0.2) is 11.9 Å². The molecular formula is C36H28F4O6. The summed E-state index contributed by atoms with van der Waals surface area (Å²) in [6.07, 6.45) is -5.82. The van der Waals surface area contributed by atoms with Crippen LogP contribution in [0.25, 0.3) is 21.5 Å². The third-order valence-corrected chi connectivity index (χ3v) is 6.47. The molecule has 10 heteroatoms. The van der Waals surface area contributed by atoms with Crippen LogP contribution in [0.3, 0.4) is 0 Å². The van der Waals surface area contributed by atoms with E-state index in [1.165, 1.54) is 48.5 Å². The van der Waals surface area contributed by atoms with Gasteiger partial charge in [-0.3, -0.25) is 0 Å². The standard InChI is InChI=1S/C34H22F4O6.C2H6/c1-3-31(39)41-29-19-17-27(23-9-5-7-11-25(23)29)33(35,36)43-21-13-15-22(16-14-21)44-34(37,38)28-18-20-30(42-32(40)4-2)26-12-8-6-10-24(26)28;1-2/h3-20H,1-2H2;1-2H3. The van der Waals surface area contributed by atoms with Crippen molar-refractivity contribution >= 4 is 33.5 Å². The molecule has 0 N–H and O–H groups in total. The summed E-state index contributed by atoms with van der Waals surface area (Å²) < 4.78 is 81.7. The van der Waals surface area contributed by atoms with Crippen LogP contribution in [0.1, 0.15) is 25.0 Å². The van der Waals surface area contributed by atoms with Crippen molar-refractivity contribution in [3.05, 3.63) is 133 Å². The zero-order chi connectivity index (χ0) is 33.5. The van der Waals surface area contributed by atoms with Crippen LogP contribution in [0.4, 0.5) is 17.6 Å². The minimum atomic E-state index is -3.86. The van der Waals surface area contributed by atoms with Crippen LogP contribution in [0.2, 0.25) is 0 Å². The van der Waals surface area contributed by atoms with Gasteiger partial charge in [0, 0.05) is 22.9 Å². The first-order chi connectivity index (χ1) is 22.0. The number of benzene rings is 5. The highest BCUT2D eigenvalue weighted by molar-refractivity contribution is 5.95. The molecule has 0 aliphatic rings. The molecule has 236 valence electrons. The first-order valence-electron chi connectivity index (χ1n) is 14.0. The van der Waals surface area contributed by atoms with Crippen LogP contribution in [0, 0.1) is 0 Å². The minimum absolute atomic E-state index is 0.0627. The Morgan fingerprint density at radius 1 is 0.543 bits per heavy atom. The summed E-state index contributed by atoms with van der Waals surface area (Å²) in [4.78, 5) is 23.3. The molecule has 6 nitrogen and oxygen atoms in total. The first-order valence-corrected chi connectivity index (χ1v) is 14.0. The number of halogens is 4. The van der Waals surface area contributed by atoms with Crippen molar-refractivity contribution in [1.29, 1.82) is 0 Å². The van der Waals surface area contributed by atoms with Gasteiger partial charge in [-0.05, 0) is 59.3 Å². The van der Waals surface area contributed by atoms with Crippen molar-refractivity contribution in [1.82, 2.24) is 0 Å². The lowest BCUT2D eigenvalue weighted by Crippen LogP contribution is -2.23. The second kappa shape index (κ2) is 14.0. The summed E-state index contributed by atoms with van der Waals surface area (Å²) in [6.45, 7) is 10.7. The van der Waals surface area contributed by atoms with Crippen LogP contribution in [0.15, 0.2) is 122 Å². The molecule has 0 aromatic heterocycles. The van der Waals surface area contributed by atoms with Crippen molar-refractivity contribution in [3.63, 3.8) is 0 Å². The number of fused-ring (bicyclic) bond motifs is 2. The number of hydrogen-bond donors (Lipinski definition) is 0. The molecule has 0 amide bonds. The van der Waals surface area contributed by atoms with Crippen LogP contribution < -0.4 is 18.9 Å². The Morgan fingerprint density at radius 2 is 0.870 bits per heavy atom. The van der Waals surface area contributed by atoms with Gasteiger partial charge in [-0.15, -0.1) is 0 Å². The number of rotatable bonds is 10. The van der Waals surface area contributed by atoms with E-state index in [0.717, 1.165) is 48.6 Å². The summed E-state index contributed by atoms with van der Waals surface area (Å²) in [5, 5.41) is 0.635. The third kappa shape index (κ3) is 7.18. The molecule has 0 saturated heterocycles. The van der Waals surface area contributed by atoms with E-state index >= 15 is 17.6 Å².